The summed E-state index contributed by atoms with van der Waals surface area (Å²) >= 11 is 0. The first-order valence-corrected chi connectivity index (χ1v) is 9.60. The molecular weight excluding hydrogens is 374 g/mol. The van der Waals surface area contributed by atoms with E-state index in [1.54, 1.807) is 6.07 Å². The van der Waals surface area contributed by atoms with Crippen LogP contribution in [0, 0.1) is 5.92 Å². The maximum Gasteiger partial charge on any atom is 0.201 e. The SMILES string of the molecule is CC1C[C@@H](OCc2cc(O)c3c(c2)C(=O)c2cccc(O)c2C3=O)C[C@@H](N)C1O. The monoisotopic (exact) mass is 397 g/mol. The van der Waals surface area contributed by atoms with Gasteiger partial charge in [0.25, 0.3) is 0 Å². The van der Waals surface area contributed by atoms with Crippen LogP contribution in [0.2, 0.25) is 0 Å². The van der Waals surface area contributed by atoms with Crippen molar-refractivity contribution >= 4 is 11.6 Å². The molecule has 0 bridgehead atoms. The molecule has 2 unspecified atom stereocenters. The molecule has 5 N–H and O–H groups in total. The van der Waals surface area contributed by atoms with Crippen LogP contribution in [-0.4, -0.2) is 45.1 Å². The van der Waals surface area contributed by atoms with Gasteiger partial charge in [0.2, 0.25) is 5.78 Å². The van der Waals surface area contributed by atoms with Crippen LogP contribution in [-0.2, 0) is 11.3 Å². The molecule has 0 aliphatic heterocycles. The second-order valence-corrected chi connectivity index (χ2v) is 7.93. The average molecular weight is 397 g/mol. The van der Waals surface area contributed by atoms with E-state index in [9.17, 15) is 24.9 Å². The Hall–Kier alpha value is -2.74. The van der Waals surface area contributed by atoms with Gasteiger partial charge < -0.3 is 25.8 Å². The molecule has 1 saturated carbocycles. The van der Waals surface area contributed by atoms with Crippen LogP contribution >= 0.6 is 0 Å². The van der Waals surface area contributed by atoms with Gasteiger partial charge in [0.05, 0.1) is 29.9 Å². The van der Waals surface area contributed by atoms with Crippen molar-refractivity contribution in [3.05, 3.63) is 58.1 Å². The van der Waals surface area contributed by atoms with Crippen LogP contribution in [0.1, 0.15) is 57.2 Å². The molecule has 0 saturated heterocycles. The van der Waals surface area contributed by atoms with Gasteiger partial charge in [-0.3, -0.25) is 9.59 Å². The van der Waals surface area contributed by atoms with E-state index in [1.165, 1.54) is 24.3 Å². The molecular formula is C22H23NO6. The molecule has 0 radical (unpaired) electrons. The predicted molar refractivity (Wildman–Crippen MR) is 104 cm³/mol. The largest absolute Gasteiger partial charge is 0.507 e. The number of phenolic OH excluding ortho intramolecular Hbond substituents is 2. The predicted octanol–water partition coefficient (Wildman–Crippen LogP) is 1.88. The molecule has 7 nitrogen and oxygen atoms in total. The highest BCUT2D eigenvalue weighted by Crippen LogP contribution is 2.37. The lowest BCUT2D eigenvalue weighted by Crippen LogP contribution is -2.47. The number of aliphatic hydroxyl groups excluding tert-OH is 1. The molecule has 4 rings (SSSR count). The van der Waals surface area contributed by atoms with Crippen LogP contribution in [0.25, 0.3) is 0 Å². The van der Waals surface area contributed by atoms with Gasteiger partial charge in [-0.05, 0) is 42.5 Å². The molecule has 0 aromatic heterocycles. The van der Waals surface area contributed by atoms with Crippen LogP contribution in [0.15, 0.2) is 30.3 Å². The number of benzene rings is 2. The second-order valence-electron chi connectivity index (χ2n) is 7.93. The van der Waals surface area contributed by atoms with Crippen molar-refractivity contribution in [2.24, 2.45) is 11.7 Å². The third-order valence-electron chi connectivity index (χ3n) is 5.84. The summed E-state index contributed by atoms with van der Waals surface area (Å²) in [5.74, 6) is -1.61. The molecule has 152 valence electrons. The summed E-state index contributed by atoms with van der Waals surface area (Å²) in [6.07, 6.45) is 0.488. The van der Waals surface area contributed by atoms with Crippen LogP contribution in [0.5, 0.6) is 11.5 Å². The van der Waals surface area contributed by atoms with E-state index < -0.39 is 17.7 Å². The van der Waals surface area contributed by atoms with E-state index in [2.05, 4.69) is 0 Å². The molecule has 4 atom stereocenters. The molecule has 0 spiro atoms. The van der Waals surface area contributed by atoms with E-state index in [0.717, 1.165) is 0 Å². The van der Waals surface area contributed by atoms with E-state index in [-0.39, 0.29) is 58.4 Å². The van der Waals surface area contributed by atoms with Crippen molar-refractivity contribution in [3.63, 3.8) is 0 Å². The minimum absolute atomic E-state index is 0.0177. The van der Waals surface area contributed by atoms with Gasteiger partial charge in [0.1, 0.15) is 11.5 Å². The highest BCUT2D eigenvalue weighted by atomic mass is 16.5. The fourth-order valence-electron chi connectivity index (χ4n) is 4.29. The zero-order chi connectivity index (χ0) is 20.9. The Balaban J connectivity index is 1.60. The van der Waals surface area contributed by atoms with E-state index in [4.69, 9.17) is 10.5 Å². The van der Waals surface area contributed by atoms with Gasteiger partial charge in [-0.15, -0.1) is 0 Å². The van der Waals surface area contributed by atoms with Gasteiger partial charge in [-0.1, -0.05) is 19.1 Å². The summed E-state index contributed by atoms with van der Waals surface area (Å²) in [6, 6.07) is 6.90. The number of aromatic hydroxyl groups is 2. The Kier molecular flexibility index (Phi) is 4.90. The number of rotatable bonds is 3. The maximum absolute atomic E-state index is 12.9. The van der Waals surface area contributed by atoms with Crippen molar-refractivity contribution in [2.75, 3.05) is 0 Å². The van der Waals surface area contributed by atoms with Gasteiger partial charge >= 0.3 is 0 Å². The van der Waals surface area contributed by atoms with Crippen molar-refractivity contribution in [2.45, 2.75) is 44.6 Å². The number of ketones is 2. The molecule has 2 aromatic carbocycles. The van der Waals surface area contributed by atoms with Gasteiger partial charge in [-0.25, -0.2) is 0 Å². The number of phenols is 2. The topological polar surface area (TPSA) is 130 Å². The molecule has 29 heavy (non-hydrogen) atoms. The number of aliphatic hydroxyl groups is 1. The highest BCUT2D eigenvalue weighted by molar-refractivity contribution is 6.30. The number of carbonyl (C=O) groups is 2. The lowest BCUT2D eigenvalue weighted by molar-refractivity contribution is -0.0458. The molecule has 2 aromatic rings. The van der Waals surface area contributed by atoms with Gasteiger partial charge in [0.15, 0.2) is 5.78 Å². The summed E-state index contributed by atoms with van der Waals surface area (Å²) in [5.41, 5.74) is 6.52. The minimum atomic E-state index is -0.585. The summed E-state index contributed by atoms with van der Waals surface area (Å²) in [5, 5.41) is 30.4. The fraction of sp³-hybridized carbons (Fsp3) is 0.364. The smallest absolute Gasteiger partial charge is 0.201 e. The average Bonchev–Trinajstić information content (AvgIpc) is 2.68. The molecule has 2 aliphatic carbocycles. The van der Waals surface area contributed by atoms with E-state index >= 15 is 0 Å². The Bertz CT molecular complexity index is 989. The fourth-order valence-corrected chi connectivity index (χ4v) is 4.29. The summed E-state index contributed by atoms with van der Waals surface area (Å²) in [7, 11) is 0. The molecule has 0 amide bonds. The van der Waals surface area contributed by atoms with Crippen LogP contribution in [0.4, 0.5) is 0 Å². The first kappa shape index (κ1) is 19.6. The Morgan fingerprint density at radius 2 is 1.76 bits per heavy atom. The lowest BCUT2D eigenvalue weighted by atomic mass is 9.82. The van der Waals surface area contributed by atoms with Crippen molar-refractivity contribution in [1.82, 2.24) is 0 Å². The van der Waals surface area contributed by atoms with Crippen LogP contribution in [0.3, 0.4) is 0 Å². The summed E-state index contributed by atoms with van der Waals surface area (Å²) in [4.78, 5) is 25.7. The third-order valence-corrected chi connectivity index (χ3v) is 5.84. The highest BCUT2D eigenvalue weighted by Gasteiger charge is 2.35. The third kappa shape index (κ3) is 3.31. The van der Waals surface area contributed by atoms with Crippen molar-refractivity contribution in [3.8, 4) is 11.5 Å². The molecule has 0 heterocycles. The zero-order valence-electron chi connectivity index (χ0n) is 16.0. The Labute approximate surface area is 167 Å². The van der Waals surface area contributed by atoms with Crippen LogP contribution < -0.4 is 5.73 Å². The normalized spacial score (nSPS) is 26.2. The summed E-state index contributed by atoms with van der Waals surface area (Å²) in [6.45, 7) is 2.05. The number of fused-ring (bicyclic) bond motifs is 2. The minimum Gasteiger partial charge on any atom is -0.507 e. The first-order valence-electron chi connectivity index (χ1n) is 9.60. The standard InChI is InChI=1S/C22H23NO6/c1-10-5-12(8-15(23)20(10)26)29-9-11-6-14-19(17(25)7-11)22(28)18-13(21(14)27)3-2-4-16(18)24/h2-4,6-7,10,12,15,20,24-26H,5,8-9,23H2,1H3/t10?,12-,15-,20?/m1/s1. The number of ether oxygens (including phenoxy) is 1. The number of hydrogen-bond donors (Lipinski definition) is 4. The Morgan fingerprint density at radius 3 is 2.48 bits per heavy atom. The molecule has 2 aliphatic rings. The van der Waals surface area contributed by atoms with Gasteiger partial charge in [-0.2, -0.15) is 0 Å². The molecule has 7 heteroatoms. The van der Waals surface area contributed by atoms with E-state index in [1.807, 2.05) is 6.92 Å². The Morgan fingerprint density at radius 1 is 1.03 bits per heavy atom. The summed E-state index contributed by atoms with van der Waals surface area (Å²) < 4.78 is 5.92. The number of carbonyl (C=O) groups excluding carboxylic acids is 2. The maximum atomic E-state index is 12.9. The van der Waals surface area contributed by atoms with Gasteiger partial charge in [0, 0.05) is 17.2 Å². The second kappa shape index (κ2) is 7.26. The lowest BCUT2D eigenvalue weighted by Gasteiger charge is -2.35. The number of nitrogens with two attached hydrogens (primary N) is 1. The van der Waals surface area contributed by atoms with Crippen molar-refractivity contribution in [1.29, 1.82) is 0 Å². The molecule has 1 fully saturated rings. The quantitative estimate of drug-likeness (QED) is 0.531. The number of hydrogen-bond acceptors (Lipinski definition) is 7. The first-order chi connectivity index (χ1) is 13.8. The van der Waals surface area contributed by atoms with Crippen molar-refractivity contribution < 1.29 is 29.6 Å². The zero-order valence-corrected chi connectivity index (χ0v) is 16.0. The van der Waals surface area contributed by atoms with E-state index in [0.29, 0.717) is 18.4 Å².